The standard InChI is InChI=1S/C15H15ClN2O4S/c1-22-15-7-6-11(10-17-15)18-14(19)8-9-23(20,21)13-5-3-2-4-12(13)16/h2-7,10H,8-9H2,1H3,(H,18,19). The van der Waals surface area contributed by atoms with E-state index in [-0.39, 0.29) is 22.1 Å². The summed E-state index contributed by atoms with van der Waals surface area (Å²) < 4.78 is 29.3. The van der Waals surface area contributed by atoms with E-state index in [4.69, 9.17) is 16.3 Å². The van der Waals surface area contributed by atoms with Crippen LogP contribution in [0.4, 0.5) is 5.69 Å². The van der Waals surface area contributed by atoms with Crippen molar-refractivity contribution in [2.24, 2.45) is 0 Å². The number of hydrogen-bond donors (Lipinski definition) is 1. The molecule has 0 aliphatic rings. The molecule has 23 heavy (non-hydrogen) atoms. The fourth-order valence-electron chi connectivity index (χ4n) is 1.83. The Kier molecular flexibility index (Phi) is 5.57. The molecule has 8 heteroatoms. The zero-order chi connectivity index (χ0) is 16.9. The lowest BCUT2D eigenvalue weighted by Crippen LogP contribution is -2.17. The molecule has 0 saturated carbocycles. The van der Waals surface area contributed by atoms with Gasteiger partial charge >= 0.3 is 0 Å². The van der Waals surface area contributed by atoms with Gasteiger partial charge in [-0.3, -0.25) is 4.79 Å². The van der Waals surface area contributed by atoms with Crippen LogP contribution in [0.3, 0.4) is 0 Å². The number of methoxy groups -OCH3 is 1. The first-order valence-corrected chi connectivity index (χ1v) is 8.72. The van der Waals surface area contributed by atoms with Gasteiger partial charge in [-0.05, 0) is 18.2 Å². The van der Waals surface area contributed by atoms with Crippen molar-refractivity contribution < 1.29 is 17.9 Å². The predicted molar refractivity (Wildman–Crippen MR) is 87.5 cm³/mol. The molecular weight excluding hydrogens is 340 g/mol. The van der Waals surface area contributed by atoms with Crippen LogP contribution in [0.1, 0.15) is 6.42 Å². The Morgan fingerprint density at radius 2 is 2.00 bits per heavy atom. The van der Waals surface area contributed by atoms with Gasteiger partial charge in [-0.15, -0.1) is 0 Å². The van der Waals surface area contributed by atoms with Crippen molar-refractivity contribution in [2.75, 3.05) is 18.2 Å². The molecule has 0 fully saturated rings. The largest absolute Gasteiger partial charge is 0.481 e. The summed E-state index contributed by atoms with van der Waals surface area (Å²) in [5, 5.41) is 2.72. The number of carbonyl (C=O) groups is 1. The first-order chi connectivity index (χ1) is 10.9. The zero-order valence-corrected chi connectivity index (χ0v) is 13.9. The molecule has 1 amide bonds. The van der Waals surface area contributed by atoms with E-state index in [0.717, 1.165) is 0 Å². The second kappa shape index (κ2) is 7.43. The summed E-state index contributed by atoms with van der Waals surface area (Å²) in [5.41, 5.74) is 0.464. The van der Waals surface area contributed by atoms with Crippen LogP contribution in [-0.4, -0.2) is 32.2 Å². The maximum Gasteiger partial charge on any atom is 0.225 e. The Bertz CT molecular complexity index is 791. The number of benzene rings is 1. The van der Waals surface area contributed by atoms with Crippen molar-refractivity contribution in [1.29, 1.82) is 0 Å². The molecular formula is C15H15ClN2O4S. The molecule has 1 heterocycles. The third kappa shape index (κ3) is 4.67. The van der Waals surface area contributed by atoms with Gasteiger partial charge in [0.05, 0.1) is 34.7 Å². The molecule has 0 aliphatic heterocycles. The lowest BCUT2D eigenvalue weighted by atomic mass is 10.4. The minimum Gasteiger partial charge on any atom is -0.481 e. The van der Waals surface area contributed by atoms with Crippen LogP contribution in [0.5, 0.6) is 5.88 Å². The number of aromatic nitrogens is 1. The van der Waals surface area contributed by atoms with Crippen LogP contribution in [0, 0.1) is 0 Å². The quantitative estimate of drug-likeness (QED) is 0.861. The number of halogens is 1. The van der Waals surface area contributed by atoms with Crippen LogP contribution in [-0.2, 0) is 14.6 Å². The van der Waals surface area contributed by atoms with Crippen molar-refractivity contribution in [3.8, 4) is 5.88 Å². The molecule has 0 radical (unpaired) electrons. The van der Waals surface area contributed by atoms with Crippen LogP contribution < -0.4 is 10.1 Å². The van der Waals surface area contributed by atoms with Gasteiger partial charge in [-0.25, -0.2) is 13.4 Å². The van der Waals surface area contributed by atoms with E-state index in [1.54, 1.807) is 24.3 Å². The van der Waals surface area contributed by atoms with Crippen LogP contribution in [0.2, 0.25) is 5.02 Å². The van der Waals surface area contributed by atoms with Gasteiger partial charge in [0.2, 0.25) is 11.8 Å². The summed E-state index contributed by atoms with van der Waals surface area (Å²) in [5.74, 6) is -0.330. The maximum atomic E-state index is 12.2. The highest BCUT2D eigenvalue weighted by molar-refractivity contribution is 7.91. The number of carbonyl (C=O) groups excluding carboxylic acids is 1. The Labute approximate surface area is 139 Å². The number of hydrogen-bond acceptors (Lipinski definition) is 5. The number of ether oxygens (including phenoxy) is 1. The Hall–Kier alpha value is -2.12. The molecule has 2 aromatic rings. The summed E-state index contributed by atoms with van der Waals surface area (Å²) in [6, 6.07) is 9.36. The molecule has 6 nitrogen and oxygen atoms in total. The third-order valence-corrected chi connectivity index (χ3v) is 5.21. The molecule has 0 saturated heterocycles. The minimum atomic E-state index is -3.62. The topological polar surface area (TPSA) is 85.4 Å². The lowest BCUT2D eigenvalue weighted by molar-refractivity contribution is -0.115. The number of pyridine rings is 1. The second-order valence-electron chi connectivity index (χ2n) is 4.64. The number of amides is 1. The van der Waals surface area contributed by atoms with Gasteiger partial charge in [-0.2, -0.15) is 0 Å². The molecule has 0 spiro atoms. The third-order valence-electron chi connectivity index (χ3n) is 3.00. The lowest BCUT2D eigenvalue weighted by Gasteiger charge is -2.07. The Balaban J connectivity index is 1.97. The van der Waals surface area contributed by atoms with E-state index >= 15 is 0 Å². The second-order valence-corrected chi connectivity index (χ2v) is 7.12. The summed E-state index contributed by atoms with van der Waals surface area (Å²) in [4.78, 5) is 15.8. The molecule has 1 aromatic heterocycles. The summed E-state index contributed by atoms with van der Waals surface area (Å²) >= 11 is 5.88. The van der Waals surface area contributed by atoms with Crippen LogP contribution in [0.25, 0.3) is 0 Å². The fraction of sp³-hybridized carbons (Fsp3) is 0.200. The van der Waals surface area contributed by atoms with E-state index < -0.39 is 15.7 Å². The van der Waals surface area contributed by atoms with Crippen molar-refractivity contribution in [2.45, 2.75) is 11.3 Å². The van der Waals surface area contributed by atoms with Gasteiger partial charge in [0.15, 0.2) is 9.84 Å². The van der Waals surface area contributed by atoms with Crippen molar-refractivity contribution in [3.63, 3.8) is 0 Å². The molecule has 1 aromatic carbocycles. The number of rotatable bonds is 6. The number of nitrogens with zero attached hydrogens (tertiary/aromatic N) is 1. The molecule has 0 bridgehead atoms. The van der Waals surface area contributed by atoms with Crippen LogP contribution in [0.15, 0.2) is 47.5 Å². The van der Waals surface area contributed by atoms with Gasteiger partial charge in [-0.1, -0.05) is 23.7 Å². The summed E-state index contributed by atoms with van der Waals surface area (Å²) in [6.07, 6.45) is 1.25. The monoisotopic (exact) mass is 354 g/mol. The van der Waals surface area contributed by atoms with E-state index in [2.05, 4.69) is 10.3 Å². The Morgan fingerprint density at radius 3 is 2.61 bits per heavy atom. The number of sulfone groups is 1. The van der Waals surface area contributed by atoms with E-state index in [1.165, 1.54) is 25.4 Å². The highest BCUT2D eigenvalue weighted by Gasteiger charge is 2.19. The molecule has 0 unspecified atom stereocenters. The maximum absolute atomic E-state index is 12.2. The SMILES string of the molecule is COc1ccc(NC(=O)CCS(=O)(=O)c2ccccc2Cl)cn1. The average Bonchev–Trinajstić information content (AvgIpc) is 2.54. The molecule has 1 N–H and O–H groups in total. The highest BCUT2D eigenvalue weighted by Crippen LogP contribution is 2.22. The van der Waals surface area contributed by atoms with Gasteiger partial charge in [0, 0.05) is 12.5 Å². The van der Waals surface area contributed by atoms with Gasteiger partial charge < -0.3 is 10.1 Å². The van der Waals surface area contributed by atoms with E-state index in [1.807, 2.05) is 0 Å². The van der Waals surface area contributed by atoms with Crippen molar-refractivity contribution in [1.82, 2.24) is 4.98 Å². The number of anilines is 1. The highest BCUT2D eigenvalue weighted by atomic mass is 35.5. The predicted octanol–water partition coefficient (Wildman–Crippen LogP) is 2.55. The zero-order valence-electron chi connectivity index (χ0n) is 12.3. The first kappa shape index (κ1) is 17.2. The van der Waals surface area contributed by atoms with Crippen molar-refractivity contribution in [3.05, 3.63) is 47.6 Å². The first-order valence-electron chi connectivity index (χ1n) is 6.69. The average molecular weight is 355 g/mol. The van der Waals surface area contributed by atoms with E-state index in [0.29, 0.717) is 11.6 Å². The van der Waals surface area contributed by atoms with Gasteiger partial charge in [0.25, 0.3) is 0 Å². The normalized spacial score (nSPS) is 11.0. The summed E-state index contributed by atoms with van der Waals surface area (Å²) in [6.45, 7) is 0. The van der Waals surface area contributed by atoms with Gasteiger partial charge in [0.1, 0.15) is 0 Å². The smallest absolute Gasteiger partial charge is 0.225 e. The molecule has 0 atom stereocenters. The van der Waals surface area contributed by atoms with Crippen molar-refractivity contribution >= 4 is 33.0 Å². The fourth-order valence-corrected chi connectivity index (χ4v) is 3.65. The molecule has 122 valence electrons. The van der Waals surface area contributed by atoms with Crippen LogP contribution >= 0.6 is 11.6 Å². The number of nitrogens with one attached hydrogen (secondary N) is 1. The van der Waals surface area contributed by atoms with E-state index in [9.17, 15) is 13.2 Å². The molecule has 2 rings (SSSR count). The minimum absolute atomic E-state index is 0.0283. The Morgan fingerprint density at radius 1 is 1.26 bits per heavy atom. The summed E-state index contributed by atoms with van der Waals surface area (Å²) in [7, 11) is -2.13. The molecule has 0 aliphatic carbocycles.